The van der Waals surface area contributed by atoms with Gasteiger partial charge in [-0.1, -0.05) is 42.5 Å². The number of carbonyl (C=O) groups excluding carboxylic acids is 1. The molecule has 0 atom stereocenters. The number of amides is 1. The van der Waals surface area contributed by atoms with Crippen LogP contribution in [-0.2, 0) is 11.2 Å². The van der Waals surface area contributed by atoms with Crippen molar-refractivity contribution in [3.8, 4) is 0 Å². The van der Waals surface area contributed by atoms with Gasteiger partial charge in [-0.05, 0) is 65.9 Å². The van der Waals surface area contributed by atoms with E-state index in [0.29, 0.717) is 18.5 Å². The van der Waals surface area contributed by atoms with Crippen LogP contribution in [0.3, 0.4) is 0 Å². The highest BCUT2D eigenvalue weighted by molar-refractivity contribution is 5.93. The van der Waals surface area contributed by atoms with Crippen molar-refractivity contribution in [2.24, 2.45) is 0 Å². The van der Waals surface area contributed by atoms with Gasteiger partial charge in [0.25, 0.3) is 0 Å². The number of H-pyrrole nitrogens is 1. The predicted octanol–water partition coefficient (Wildman–Crippen LogP) is 5.45. The molecule has 4 rings (SSSR count). The molecule has 1 aromatic heterocycles. The highest BCUT2D eigenvalue weighted by Gasteiger charge is 2.13. The Kier molecular flexibility index (Phi) is 5.17. The number of fused-ring (bicyclic) bond motifs is 2. The van der Waals surface area contributed by atoms with Crippen molar-refractivity contribution < 1.29 is 9.18 Å². The molecular formula is C25H23FN2O. The molecule has 3 aromatic carbocycles. The monoisotopic (exact) mass is 386 g/mol. The van der Waals surface area contributed by atoms with E-state index in [0.717, 1.165) is 33.2 Å². The fourth-order valence-corrected chi connectivity index (χ4v) is 3.81. The number of benzene rings is 3. The Morgan fingerprint density at radius 2 is 1.86 bits per heavy atom. The van der Waals surface area contributed by atoms with Crippen LogP contribution in [0.15, 0.2) is 60.7 Å². The van der Waals surface area contributed by atoms with E-state index in [2.05, 4.69) is 28.5 Å². The van der Waals surface area contributed by atoms with Crippen LogP contribution >= 0.6 is 0 Å². The number of aryl methyl sites for hydroxylation is 2. The van der Waals surface area contributed by atoms with Crippen molar-refractivity contribution in [3.05, 3.63) is 88.9 Å². The third kappa shape index (κ3) is 3.92. The van der Waals surface area contributed by atoms with Crippen molar-refractivity contribution >= 4 is 33.7 Å². The Morgan fingerprint density at radius 3 is 2.69 bits per heavy atom. The van der Waals surface area contributed by atoms with Crippen molar-refractivity contribution in [2.45, 2.75) is 20.3 Å². The molecule has 0 saturated heterocycles. The summed E-state index contributed by atoms with van der Waals surface area (Å²) in [6, 6.07) is 17.5. The Bertz CT molecular complexity index is 1240. The summed E-state index contributed by atoms with van der Waals surface area (Å²) in [5.74, 6) is -0.388. The van der Waals surface area contributed by atoms with Gasteiger partial charge in [0.2, 0.25) is 5.91 Å². The van der Waals surface area contributed by atoms with Crippen LogP contribution < -0.4 is 5.32 Å². The molecule has 0 saturated carbocycles. The highest BCUT2D eigenvalue weighted by atomic mass is 19.1. The van der Waals surface area contributed by atoms with Crippen molar-refractivity contribution in [1.29, 1.82) is 0 Å². The number of hydrogen-bond donors (Lipinski definition) is 2. The molecule has 0 bridgehead atoms. The Hall–Kier alpha value is -3.40. The first-order valence-corrected chi connectivity index (χ1v) is 9.74. The summed E-state index contributed by atoms with van der Waals surface area (Å²) in [6.45, 7) is 4.41. The lowest BCUT2D eigenvalue weighted by atomic mass is 10.0. The van der Waals surface area contributed by atoms with Crippen LogP contribution in [0, 0.1) is 19.7 Å². The number of aromatic amines is 1. The molecule has 1 heterocycles. The maximum atomic E-state index is 14.1. The number of halogens is 1. The molecule has 146 valence electrons. The topological polar surface area (TPSA) is 44.9 Å². The second-order valence-electron chi connectivity index (χ2n) is 7.32. The van der Waals surface area contributed by atoms with Gasteiger partial charge in [0.05, 0.1) is 5.52 Å². The predicted molar refractivity (Wildman–Crippen MR) is 117 cm³/mol. The molecule has 0 aliphatic heterocycles. The average Bonchev–Trinajstić information content (AvgIpc) is 3.06. The lowest BCUT2D eigenvalue weighted by Gasteiger charge is -2.05. The third-order valence-corrected chi connectivity index (χ3v) is 5.30. The molecule has 29 heavy (non-hydrogen) atoms. The Morgan fingerprint density at radius 1 is 1.07 bits per heavy atom. The molecule has 4 aromatic rings. The number of carbonyl (C=O) groups is 1. The van der Waals surface area contributed by atoms with Crippen LogP contribution in [0.2, 0.25) is 0 Å². The number of aromatic nitrogens is 1. The lowest BCUT2D eigenvalue weighted by Crippen LogP contribution is -2.23. The van der Waals surface area contributed by atoms with E-state index >= 15 is 0 Å². The van der Waals surface area contributed by atoms with Crippen LogP contribution in [0.25, 0.3) is 27.8 Å². The smallest absolute Gasteiger partial charge is 0.244 e. The van der Waals surface area contributed by atoms with Crippen LogP contribution in [0.4, 0.5) is 4.39 Å². The second-order valence-corrected chi connectivity index (χ2v) is 7.32. The zero-order valence-corrected chi connectivity index (χ0v) is 16.6. The Labute approximate surface area is 169 Å². The molecule has 0 unspecified atom stereocenters. The zero-order valence-electron chi connectivity index (χ0n) is 16.6. The molecule has 0 spiro atoms. The summed E-state index contributed by atoms with van der Waals surface area (Å²) >= 11 is 0. The fraction of sp³-hybridized carbons (Fsp3) is 0.160. The first-order valence-electron chi connectivity index (χ1n) is 9.74. The van der Waals surface area contributed by atoms with Gasteiger partial charge in [0, 0.05) is 23.7 Å². The Balaban J connectivity index is 1.41. The number of hydrogen-bond acceptors (Lipinski definition) is 1. The number of nitrogens with one attached hydrogen (secondary N) is 2. The van der Waals surface area contributed by atoms with E-state index in [1.165, 1.54) is 11.5 Å². The normalized spacial score (nSPS) is 11.6. The first-order chi connectivity index (χ1) is 14.0. The minimum absolute atomic E-state index is 0.140. The zero-order chi connectivity index (χ0) is 20.4. The van der Waals surface area contributed by atoms with Gasteiger partial charge >= 0.3 is 0 Å². The summed E-state index contributed by atoms with van der Waals surface area (Å²) in [5, 5.41) is 6.16. The van der Waals surface area contributed by atoms with Crippen LogP contribution in [-0.4, -0.2) is 17.4 Å². The fourth-order valence-electron chi connectivity index (χ4n) is 3.81. The molecule has 0 radical (unpaired) electrons. The molecule has 0 fully saturated rings. The number of rotatable bonds is 5. The van der Waals surface area contributed by atoms with Crippen molar-refractivity contribution in [3.63, 3.8) is 0 Å². The van der Waals surface area contributed by atoms with Gasteiger partial charge in [0.15, 0.2) is 0 Å². The molecule has 3 nitrogen and oxygen atoms in total. The van der Waals surface area contributed by atoms with Gasteiger partial charge in [-0.15, -0.1) is 0 Å². The van der Waals surface area contributed by atoms with E-state index in [4.69, 9.17) is 0 Å². The highest BCUT2D eigenvalue weighted by Crippen LogP contribution is 2.27. The van der Waals surface area contributed by atoms with Crippen LogP contribution in [0.1, 0.15) is 22.4 Å². The molecule has 0 aliphatic carbocycles. The van der Waals surface area contributed by atoms with Gasteiger partial charge in [-0.25, -0.2) is 4.39 Å². The lowest BCUT2D eigenvalue weighted by molar-refractivity contribution is -0.116. The summed E-state index contributed by atoms with van der Waals surface area (Å²) in [5.41, 5.74) is 4.55. The summed E-state index contributed by atoms with van der Waals surface area (Å²) in [4.78, 5) is 15.3. The summed E-state index contributed by atoms with van der Waals surface area (Å²) < 4.78 is 14.1. The first kappa shape index (κ1) is 18.9. The van der Waals surface area contributed by atoms with E-state index < -0.39 is 0 Å². The van der Waals surface area contributed by atoms with Gasteiger partial charge in [-0.2, -0.15) is 0 Å². The minimum atomic E-state index is -0.248. The van der Waals surface area contributed by atoms with Crippen molar-refractivity contribution in [1.82, 2.24) is 10.3 Å². The minimum Gasteiger partial charge on any atom is -0.356 e. The summed E-state index contributed by atoms with van der Waals surface area (Å²) in [6.07, 6.45) is 4.01. The van der Waals surface area contributed by atoms with E-state index in [-0.39, 0.29) is 11.7 Å². The largest absolute Gasteiger partial charge is 0.356 e. The van der Waals surface area contributed by atoms with Gasteiger partial charge in [0.1, 0.15) is 5.82 Å². The second kappa shape index (κ2) is 7.92. The molecule has 2 N–H and O–H groups in total. The third-order valence-electron chi connectivity index (χ3n) is 5.30. The molecule has 4 heteroatoms. The van der Waals surface area contributed by atoms with Gasteiger partial charge < -0.3 is 10.3 Å². The quantitative estimate of drug-likeness (QED) is 0.440. The SMILES string of the molecule is Cc1[nH]c2c(F)ccc(C)c2c1CCNC(=O)/C=C/c1ccc2ccccc2c1. The van der Waals surface area contributed by atoms with E-state index in [1.807, 2.05) is 44.2 Å². The van der Waals surface area contributed by atoms with Crippen molar-refractivity contribution in [2.75, 3.05) is 6.54 Å². The standard InChI is InChI=1S/C25H23FN2O/c1-16-7-11-22(26)25-24(16)21(17(2)28-25)13-14-27-23(29)12-9-18-8-10-19-5-3-4-6-20(19)15-18/h3-12,15,28H,13-14H2,1-2H3,(H,27,29)/b12-9+. The van der Waals surface area contributed by atoms with E-state index in [1.54, 1.807) is 12.1 Å². The average molecular weight is 386 g/mol. The van der Waals surface area contributed by atoms with E-state index in [9.17, 15) is 9.18 Å². The van der Waals surface area contributed by atoms with Crippen LogP contribution in [0.5, 0.6) is 0 Å². The summed E-state index contributed by atoms with van der Waals surface area (Å²) in [7, 11) is 0. The molecule has 0 aliphatic rings. The molecule has 1 amide bonds. The molecular weight excluding hydrogens is 363 g/mol. The van der Waals surface area contributed by atoms with Gasteiger partial charge in [-0.3, -0.25) is 4.79 Å². The maximum Gasteiger partial charge on any atom is 0.244 e. The maximum absolute atomic E-state index is 14.1.